The van der Waals surface area contributed by atoms with Crippen LogP contribution in [0.3, 0.4) is 0 Å². The fourth-order valence-electron chi connectivity index (χ4n) is 1.22. The highest BCUT2D eigenvalue weighted by Crippen LogP contribution is 2.24. The molecule has 0 saturated heterocycles. The summed E-state index contributed by atoms with van der Waals surface area (Å²) in [5, 5.41) is 20.7. The third-order valence-electron chi connectivity index (χ3n) is 2.09. The van der Waals surface area contributed by atoms with Gasteiger partial charge in [-0.3, -0.25) is 4.79 Å². The summed E-state index contributed by atoms with van der Waals surface area (Å²) >= 11 is 0.873. The molecule has 92 valence electrons. The number of carboxylic acids is 1. The number of rotatable bonds is 3. The standard InChI is InChI=1S/C10H7N3O4S/c14-8-2-1-5(10(16)17)3-6(8)12-9(15)7-4-11-18-13-7/h1-4,14H,(H,12,15)(H,16,17). The number of hydrogen-bond acceptors (Lipinski definition) is 6. The molecule has 18 heavy (non-hydrogen) atoms. The fourth-order valence-corrected chi connectivity index (χ4v) is 1.63. The Bertz CT molecular complexity index is 597. The number of carboxylic acid groups (broad SMARTS) is 1. The molecule has 8 heteroatoms. The quantitative estimate of drug-likeness (QED) is 0.718. The van der Waals surface area contributed by atoms with Crippen LogP contribution in [0.25, 0.3) is 0 Å². The number of phenols is 1. The molecule has 0 unspecified atom stereocenters. The van der Waals surface area contributed by atoms with Gasteiger partial charge in [-0.25, -0.2) is 4.79 Å². The van der Waals surface area contributed by atoms with Gasteiger partial charge in [-0.15, -0.1) is 0 Å². The fraction of sp³-hybridized carbons (Fsp3) is 0. The van der Waals surface area contributed by atoms with Crippen molar-refractivity contribution in [3.8, 4) is 5.75 Å². The molecule has 3 N–H and O–H groups in total. The van der Waals surface area contributed by atoms with Gasteiger partial charge in [0, 0.05) is 0 Å². The summed E-state index contributed by atoms with van der Waals surface area (Å²) in [5.74, 6) is -1.95. The van der Waals surface area contributed by atoms with Gasteiger partial charge in [0.05, 0.1) is 29.2 Å². The first-order valence-corrected chi connectivity index (χ1v) is 5.46. The summed E-state index contributed by atoms with van der Waals surface area (Å²) in [5.41, 5.74) is 0.0625. The van der Waals surface area contributed by atoms with Crippen molar-refractivity contribution in [2.75, 3.05) is 5.32 Å². The molecule has 0 aliphatic heterocycles. The summed E-state index contributed by atoms with van der Waals surface area (Å²) in [6.45, 7) is 0. The second kappa shape index (κ2) is 4.80. The SMILES string of the molecule is O=C(O)c1ccc(O)c(NC(=O)c2cnsn2)c1. The van der Waals surface area contributed by atoms with Crippen LogP contribution < -0.4 is 5.32 Å². The predicted molar refractivity (Wildman–Crippen MR) is 62.9 cm³/mol. The lowest BCUT2D eigenvalue weighted by Gasteiger charge is -2.06. The van der Waals surface area contributed by atoms with Gasteiger partial charge in [0.15, 0.2) is 5.69 Å². The highest BCUT2D eigenvalue weighted by Gasteiger charge is 2.13. The number of phenolic OH excluding ortho intramolecular Hbond substituents is 1. The molecule has 2 aromatic rings. The van der Waals surface area contributed by atoms with Crippen LogP contribution in [-0.4, -0.2) is 30.8 Å². The normalized spacial score (nSPS) is 10.0. The van der Waals surface area contributed by atoms with E-state index in [4.69, 9.17) is 5.11 Å². The molecule has 1 amide bonds. The Morgan fingerprint density at radius 1 is 1.33 bits per heavy atom. The van der Waals surface area contributed by atoms with E-state index >= 15 is 0 Å². The summed E-state index contributed by atoms with van der Waals surface area (Å²) in [6.07, 6.45) is 1.28. The molecule has 0 saturated carbocycles. The minimum Gasteiger partial charge on any atom is -0.506 e. The zero-order valence-electron chi connectivity index (χ0n) is 8.82. The van der Waals surface area contributed by atoms with Crippen molar-refractivity contribution < 1.29 is 19.8 Å². The first kappa shape index (κ1) is 12.0. The van der Waals surface area contributed by atoms with Crippen molar-refractivity contribution in [1.29, 1.82) is 0 Å². The minimum absolute atomic E-state index is 0.00731. The largest absolute Gasteiger partial charge is 0.506 e. The van der Waals surface area contributed by atoms with Gasteiger partial charge in [-0.05, 0) is 18.2 Å². The third-order valence-corrected chi connectivity index (χ3v) is 2.56. The molecule has 0 atom stereocenters. The van der Waals surface area contributed by atoms with E-state index < -0.39 is 11.9 Å². The Labute approximate surface area is 105 Å². The number of nitrogens with zero attached hydrogens (tertiary/aromatic N) is 2. The summed E-state index contributed by atoms with van der Waals surface area (Å²) in [4.78, 5) is 22.4. The first-order chi connectivity index (χ1) is 8.58. The minimum atomic E-state index is -1.15. The van der Waals surface area contributed by atoms with Crippen LogP contribution in [0, 0.1) is 0 Å². The van der Waals surface area contributed by atoms with Gasteiger partial charge in [-0.2, -0.15) is 8.75 Å². The molecular weight excluding hydrogens is 258 g/mol. The molecule has 0 spiro atoms. The molecule has 0 radical (unpaired) electrons. The van der Waals surface area contributed by atoms with Crippen LogP contribution in [0.1, 0.15) is 20.8 Å². The van der Waals surface area contributed by atoms with Crippen LogP contribution >= 0.6 is 11.7 Å². The first-order valence-electron chi connectivity index (χ1n) is 4.73. The second-order valence-corrected chi connectivity index (χ2v) is 3.84. The number of hydrogen-bond donors (Lipinski definition) is 3. The number of carbonyl (C=O) groups excluding carboxylic acids is 1. The lowest BCUT2D eigenvalue weighted by atomic mass is 10.2. The Morgan fingerprint density at radius 3 is 2.72 bits per heavy atom. The highest BCUT2D eigenvalue weighted by atomic mass is 32.1. The summed E-state index contributed by atoms with van der Waals surface area (Å²) in [7, 11) is 0. The monoisotopic (exact) mass is 265 g/mol. The number of aromatic nitrogens is 2. The third kappa shape index (κ3) is 2.43. The maximum absolute atomic E-state index is 11.6. The van der Waals surface area contributed by atoms with Gasteiger partial charge >= 0.3 is 5.97 Å². The van der Waals surface area contributed by atoms with Crippen LogP contribution in [-0.2, 0) is 0 Å². The Hall–Kier alpha value is -2.48. The van der Waals surface area contributed by atoms with E-state index in [1.807, 2.05) is 0 Å². The lowest BCUT2D eigenvalue weighted by molar-refractivity contribution is 0.0696. The molecule has 1 aromatic heterocycles. The average Bonchev–Trinajstić information content (AvgIpc) is 2.85. The summed E-state index contributed by atoms with van der Waals surface area (Å²) in [6, 6.07) is 3.59. The van der Waals surface area contributed by atoms with Gasteiger partial charge in [0.2, 0.25) is 0 Å². The van der Waals surface area contributed by atoms with Crippen molar-refractivity contribution in [3.63, 3.8) is 0 Å². The number of anilines is 1. The van der Waals surface area contributed by atoms with E-state index in [-0.39, 0.29) is 22.7 Å². The maximum Gasteiger partial charge on any atom is 0.335 e. The Kier molecular flexibility index (Phi) is 3.20. The van der Waals surface area contributed by atoms with Crippen LogP contribution in [0.15, 0.2) is 24.4 Å². The van der Waals surface area contributed by atoms with Crippen LogP contribution in [0.5, 0.6) is 5.75 Å². The second-order valence-electron chi connectivity index (χ2n) is 3.28. The predicted octanol–water partition coefficient (Wildman–Crippen LogP) is 1.19. The molecule has 2 rings (SSSR count). The lowest BCUT2D eigenvalue weighted by Crippen LogP contribution is -2.12. The number of nitrogens with one attached hydrogen (secondary N) is 1. The van der Waals surface area contributed by atoms with Gasteiger partial charge in [0.1, 0.15) is 5.75 Å². The number of aromatic hydroxyl groups is 1. The van der Waals surface area contributed by atoms with E-state index in [0.717, 1.165) is 17.8 Å². The van der Waals surface area contributed by atoms with Crippen molar-refractivity contribution >= 4 is 29.3 Å². The van der Waals surface area contributed by atoms with E-state index in [9.17, 15) is 14.7 Å². The van der Waals surface area contributed by atoms with Gasteiger partial charge in [-0.1, -0.05) is 0 Å². The smallest absolute Gasteiger partial charge is 0.335 e. The van der Waals surface area contributed by atoms with E-state index in [2.05, 4.69) is 14.1 Å². The van der Waals surface area contributed by atoms with Gasteiger partial charge < -0.3 is 15.5 Å². The molecule has 7 nitrogen and oxygen atoms in total. The maximum atomic E-state index is 11.6. The van der Waals surface area contributed by atoms with Crippen LogP contribution in [0.2, 0.25) is 0 Å². The molecule has 1 aromatic carbocycles. The van der Waals surface area contributed by atoms with Crippen molar-refractivity contribution in [2.24, 2.45) is 0 Å². The number of aromatic carboxylic acids is 1. The highest BCUT2D eigenvalue weighted by molar-refractivity contribution is 6.99. The summed E-state index contributed by atoms with van der Waals surface area (Å²) < 4.78 is 7.39. The van der Waals surface area contributed by atoms with Gasteiger partial charge in [0.25, 0.3) is 5.91 Å². The number of amides is 1. The average molecular weight is 265 g/mol. The molecule has 0 fully saturated rings. The van der Waals surface area contributed by atoms with E-state index in [1.165, 1.54) is 18.3 Å². The number of benzene rings is 1. The van der Waals surface area contributed by atoms with E-state index in [1.54, 1.807) is 0 Å². The number of carbonyl (C=O) groups is 2. The van der Waals surface area contributed by atoms with Crippen molar-refractivity contribution in [2.45, 2.75) is 0 Å². The Morgan fingerprint density at radius 2 is 2.11 bits per heavy atom. The van der Waals surface area contributed by atoms with E-state index in [0.29, 0.717) is 0 Å². The van der Waals surface area contributed by atoms with Crippen molar-refractivity contribution in [1.82, 2.24) is 8.75 Å². The topological polar surface area (TPSA) is 112 Å². The molecule has 1 heterocycles. The Balaban J connectivity index is 2.26. The molecule has 0 aliphatic rings. The zero-order chi connectivity index (χ0) is 13.1. The van der Waals surface area contributed by atoms with Crippen molar-refractivity contribution in [3.05, 3.63) is 35.7 Å². The van der Waals surface area contributed by atoms with Crippen LogP contribution in [0.4, 0.5) is 5.69 Å². The molecule has 0 aliphatic carbocycles. The molecular formula is C10H7N3O4S. The zero-order valence-corrected chi connectivity index (χ0v) is 9.64. The molecule has 0 bridgehead atoms.